The summed E-state index contributed by atoms with van der Waals surface area (Å²) >= 11 is 5.85. The molecule has 0 saturated carbocycles. The lowest BCUT2D eigenvalue weighted by Gasteiger charge is -1.99. The van der Waals surface area contributed by atoms with Crippen LogP contribution in [0.15, 0.2) is 36.5 Å². The summed E-state index contributed by atoms with van der Waals surface area (Å²) in [5.41, 5.74) is 0.633. The van der Waals surface area contributed by atoms with Gasteiger partial charge in [-0.25, -0.2) is 4.39 Å². The highest BCUT2D eigenvalue weighted by molar-refractivity contribution is 6.32. The molecule has 1 heterocycles. The van der Waals surface area contributed by atoms with Crippen molar-refractivity contribution < 1.29 is 9.18 Å². The highest BCUT2D eigenvalue weighted by Crippen LogP contribution is 2.20. The maximum Gasteiger partial charge on any atom is 0.203 e. The van der Waals surface area contributed by atoms with Gasteiger partial charge in [-0.3, -0.25) is 9.48 Å². The Labute approximate surface area is 108 Å². The Morgan fingerprint density at radius 3 is 2.83 bits per heavy atom. The van der Waals surface area contributed by atoms with E-state index in [2.05, 4.69) is 5.10 Å². The molecule has 0 atom stereocenters. The van der Waals surface area contributed by atoms with Gasteiger partial charge in [-0.15, -0.1) is 0 Å². The molecule has 2 aromatic rings. The second-order valence-corrected chi connectivity index (χ2v) is 4.08. The molecule has 0 N–H and O–H groups in total. The third kappa shape index (κ3) is 2.49. The minimum Gasteiger partial charge on any atom is -0.288 e. The summed E-state index contributed by atoms with van der Waals surface area (Å²) < 4.78 is 14.9. The molecule has 92 valence electrons. The fraction of sp³-hybridized carbons (Fsp3) is 0.0769. The molecule has 1 aromatic carbocycles. The van der Waals surface area contributed by atoms with Crippen LogP contribution in [0.25, 0.3) is 6.08 Å². The molecule has 0 aliphatic heterocycles. The van der Waals surface area contributed by atoms with Gasteiger partial charge in [0.15, 0.2) is 0 Å². The first-order chi connectivity index (χ1) is 8.59. The molecular formula is C13H10ClFN2O. The maximum absolute atomic E-state index is 13.5. The van der Waals surface area contributed by atoms with Crippen LogP contribution in [0.3, 0.4) is 0 Å². The summed E-state index contributed by atoms with van der Waals surface area (Å²) in [6.45, 7) is 0. The predicted molar refractivity (Wildman–Crippen MR) is 68.0 cm³/mol. The predicted octanol–water partition coefficient (Wildman–Crippen LogP) is 3.11. The zero-order valence-corrected chi connectivity index (χ0v) is 10.4. The number of carbonyl (C=O) groups is 1. The maximum atomic E-state index is 13.5. The molecule has 3 nitrogen and oxygen atoms in total. The molecule has 0 bridgehead atoms. The molecule has 0 spiro atoms. The summed E-state index contributed by atoms with van der Waals surface area (Å²) in [6.07, 6.45) is 4.17. The number of benzene rings is 1. The SMILES string of the molecule is Cn1nccc1C(=O)/C=C/c1c(F)cccc1Cl. The van der Waals surface area contributed by atoms with Gasteiger partial charge in [0.1, 0.15) is 11.5 Å². The van der Waals surface area contributed by atoms with Crippen molar-refractivity contribution in [3.05, 3.63) is 58.6 Å². The zero-order valence-electron chi connectivity index (χ0n) is 9.60. The van der Waals surface area contributed by atoms with Crippen molar-refractivity contribution in [2.24, 2.45) is 7.05 Å². The molecule has 0 radical (unpaired) electrons. The number of carbonyl (C=O) groups excluding carboxylic acids is 1. The first-order valence-corrected chi connectivity index (χ1v) is 5.62. The highest BCUT2D eigenvalue weighted by atomic mass is 35.5. The number of allylic oxidation sites excluding steroid dienone is 1. The Bertz CT molecular complexity index is 599. The fourth-order valence-corrected chi connectivity index (χ4v) is 1.76. The van der Waals surface area contributed by atoms with Crippen LogP contribution in [0.2, 0.25) is 5.02 Å². The third-order valence-electron chi connectivity index (χ3n) is 2.47. The second kappa shape index (κ2) is 5.14. The molecule has 0 amide bonds. The molecule has 1 aromatic heterocycles. The van der Waals surface area contributed by atoms with E-state index in [1.807, 2.05) is 0 Å². The van der Waals surface area contributed by atoms with E-state index in [9.17, 15) is 9.18 Å². The molecule has 2 rings (SSSR count). The number of ketones is 1. The van der Waals surface area contributed by atoms with E-state index in [-0.39, 0.29) is 16.4 Å². The number of nitrogens with zero attached hydrogens (tertiary/aromatic N) is 2. The van der Waals surface area contributed by atoms with Crippen LogP contribution in [-0.2, 0) is 7.05 Å². The summed E-state index contributed by atoms with van der Waals surface area (Å²) in [5.74, 6) is -0.717. The Morgan fingerprint density at radius 2 is 2.22 bits per heavy atom. The second-order valence-electron chi connectivity index (χ2n) is 3.67. The van der Waals surface area contributed by atoms with E-state index < -0.39 is 5.82 Å². The van der Waals surface area contributed by atoms with Crippen LogP contribution in [0.5, 0.6) is 0 Å². The van der Waals surface area contributed by atoms with E-state index in [0.29, 0.717) is 5.69 Å². The lowest BCUT2D eigenvalue weighted by Crippen LogP contribution is -2.03. The summed E-state index contributed by atoms with van der Waals surface area (Å²) in [5, 5.41) is 4.16. The van der Waals surface area contributed by atoms with Gasteiger partial charge in [0.05, 0.1) is 5.02 Å². The minimum atomic E-state index is -0.462. The normalized spacial score (nSPS) is 11.1. The molecule has 0 aliphatic rings. The average molecular weight is 265 g/mol. The topological polar surface area (TPSA) is 34.9 Å². The molecule has 0 saturated heterocycles. The van der Waals surface area contributed by atoms with E-state index in [4.69, 9.17) is 11.6 Å². The lowest BCUT2D eigenvalue weighted by atomic mass is 10.1. The van der Waals surface area contributed by atoms with Crippen LogP contribution < -0.4 is 0 Å². The fourth-order valence-electron chi connectivity index (χ4n) is 1.53. The van der Waals surface area contributed by atoms with Gasteiger partial charge in [-0.1, -0.05) is 17.7 Å². The third-order valence-corrected chi connectivity index (χ3v) is 2.80. The van der Waals surface area contributed by atoms with E-state index in [1.165, 1.54) is 35.2 Å². The summed E-state index contributed by atoms with van der Waals surface area (Å²) in [6, 6.07) is 5.96. The molecule has 18 heavy (non-hydrogen) atoms. The van der Waals surface area contributed by atoms with Gasteiger partial charge in [0.2, 0.25) is 5.78 Å². The Morgan fingerprint density at radius 1 is 1.44 bits per heavy atom. The standard InChI is InChI=1S/C13H10ClFN2O/c1-17-12(7-8-16-17)13(18)6-5-9-10(14)3-2-4-11(9)15/h2-8H,1H3/b6-5+. The quantitative estimate of drug-likeness (QED) is 0.631. The number of hydrogen-bond acceptors (Lipinski definition) is 2. The van der Waals surface area contributed by atoms with E-state index in [0.717, 1.165) is 0 Å². The van der Waals surface area contributed by atoms with Crippen molar-refractivity contribution in [1.29, 1.82) is 0 Å². The van der Waals surface area contributed by atoms with Crippen molar-refractivity contribution in [2.75, 3.05) is 0 Å². The lowest BCUT2D eigenvalue weighted by molar-refractivity contribution is 0.103. The van der Waals surface area contributed by atoms with E-state index in [1.54, 1.807) is 19.2 Å². The summed E-state index contributed by atoms with van der Waals surface area (Å²) in [7, 11) is 1.66. The van der Waals surface area contributed by atoms with Crippen molar-refractivity contribution in [3.8, 4) is 0 Å². The molecular weight excluding hydrogens is 255 g/mol. The zero-order chi connectivity index (χ0) is 13.1. The largest absolute Gasteiger partial charge is 0.288 e. The molecule has 0 aliphatic carbocycles. The number of hydrogen-bond donors (Lipinski definition) is 0. The average Bonchev–Trinajstić information content (AvgIpc) is 2.74. The number of aryl methyl sites for hydroxylation is 1. The van der Waals surface area contributed by atoms with Crippen molar-refractivity contribution >= 4 is 23.5 Å². The van der Waals surface area contributed by atoms with Gasteiger partial charge >= 0.3 is 0 Å². The Kier molecular flexibility index (Phi) is 3.58. The molecule has 5 heteroatoms. The van der Waals surface area contributed by atoms with Crippen LogP contribution in [0.4, 0.5) is 4.39 Å². The van der Waals surface area contributed by atoms with Crippen LogP contribution in [0.1, 0.15) is 16.1 Å². The summed E-state index contributed by atoms with van der Waals surface area (Å²) in [4.78, 5) is 11.8. The first kappa shape index (κ1) is 12.5. The molecule has 0 unspecified atom stereocenters. The van der Waals surface area contributed by atoms with Crippen LogP contribution in [0, 0.1) is 5.82 Å². The monoisotopic (exact) mass is 264 g/mol. The van der Waals surface area contributed by atoms with Crippen molar-refractivity contribution in [1.82, 2.24) is 9.78 Å². The van der Waals surface area contributed by atoms with Crippen LogP contribution >= 0.6 is 11.6 Å². The number of aromatic nitrogens is 2. The Hall–Kier alpha value is -1.94. The Balaban J connectivity index is 2.27. The van der Waals surface area contributed by atoms with E-state index >= 15 is 0 Å². The number of rotatable bonds is 3. The van der Waals surface area contributed by atoms with Crippen molar-refractivity contribution in [3.63, 3.8) is 0 Å². The van der Waals surface area contributed by atoms with Crippen LogP contribution in [-0.4, -0.2) is 15.6 Å². The smallest absolute Gasteiger partial charge is 0.203 e. The first-order valence-electron chi connectivity index (χ1n) is 5.24. The van der Waals surface area contributed by atoms with Gasteiger partial charge in [0.25, 0.3) is 0 Å². The van der Waals surface area contributed by atoms with Gasteiger partial charge in [-0.2, -0.15) is 5.10 Å². The van der Waals surface area contributed by atoms with Gasteiger partial charge < -0.3 is 0 Å². The molecule has 0 fully saturated rings. The highest BCUT2D eigenvalue weighted by Gasteiger charge is 2.08. The van der Waals surface area contributed by atoms with Gasteiger partial charge in [0, 0.05) is 18.8 Å². The van der Waals surface area contributed by atoms with Crippen molar-refractivity contribution in [2.45, 2.75) is 0 Å². The number of halogens is 2. The van der Waals surface area contributed by atoms with Gasteiger partial charge in [-0.05, 0) is 30.4 Å². The minimum absolute atomic E-state index is 0.203.